The minimum absolute atomic E-state index is 0.0983. The Morgan fingerprint density at radius 1 is 1.07 bits per heavy atom. The fourth-order valence-electron chi connectivity index (χ4n) is 2.61. The number of sulfone groups is 1. The number of nitrogens with zero attached hydrogens (tertiary/aromatic N) is 3. The summed E-state index contributed by atoms with van der Waals surface area (Å²) in [4.78, 5) is 12.6. The summed E-state index contributed by atoms with van der Waals surface area (Å²) < 4.78 is 24.7. The third-order valence-electron chi connectivity index (χ3n) is 4.03. The van der Waals surface area contributed by atoms with Crippen molar-refractivity contribution in [1.29, 1.82) is 0 Å². The first kappa shape index (κ1) is 19.3. The highest BCUT2D eigenvalue weighted by Gasteiger charge is 2.16. The average Bonchev–Trinajstić information content (AvgIpc) is 3.09. The van der Waals surface area contributed by atoms with Gasteiger partial charge in [-0.25, -0.2) is 8.42 Å². The summed E-state index contributed by atoms with van der Waals surface area (Å²) in [5.41, 5.74) is 3.22. The minimum Gasteiger partial charge on any atom is -0.293 e. The van der Waals surface area contributed by atoms with Crippen molar-refractivity contribution in [3.8, 4) is 11.3 Å². The van der Waals surface area contributed by atoms with Gasteiger partial charge in [0.2, 0.25) is 0 Å². The van der Waals surface area contributed by atoms with Crippen LogP contribution < -0.4 is 0 Å². The number of carbonyl (C=O) groups excluding carboxylic acids is 1. The van der Waals surface area contributed by atoms with Crippen molar-refractivity contribution < 1.29 is 13.2 Å². The molecule has 0 saturated carbocycles. The van der Waals surface area contributed by atoms with E-state index in [0.717, 1.165) is 29.6 Å². The molecule has 2 aromatic carbocycles. The molecule has 0 unspecified atom stereocenters. The first-order valence-corrected chi connectivity index (χ1v) is 11.2. The van der Waals surface area contributed by atoms with E-state index in [2.05, 4.69) is 10.3 Å². The molecule has 0 aliphatic heterocycles. The third-order valence-corrected chi connectivity index (χ3v) is 6.09. The molecular formula is C19H19N3O3S2. The Labute approximate surface area is 162 Å². The van der Waals surface area contributed by atoms with Crippen LogP contribution in [0.3, 0.4) is 0 Å². The molecule has 3 rings (SSSR count). The Balaban J connectivity index is 1.73. The van der Waals surface area contributed by atoms with Crippen molar-refractivity contribution in [2.24, 2.45) is 0 Å². The van der Waals surface area contributed by atoms with Crippen LogP contribution in [0.25, 0.3) is 11.3 Å². The quantitative estimate of drug-likeness (QED) is 0.565. The molecule has 0 amide bonds. The number of carbonyl (C=O) groups is 1. The number of benzene rings is 2. The van der Waals surface area contributed by atoms with Crippen molar-refractivity contribution in [2.45, 2.75) is 18.2 Å². The molecule has 0 spiro atoms. The summed E-state index contributed by atoms with van der Waals surface area (Å²) in [5, 5.41) is 8.43. The number of ketones is 1. The van der Waals surface area contributed by atoms with Crippen molar-refractivity contribution in [3.63, 3.8) is 0 Å². The number of hydrogen-bond acceptors (Lipinski definition) is 6. The van der Waals surface area contributed by atoms with Crippen LogP contribution >= 0.6 is 11.9 Å². The molecule has 1 heterocycles. The van der Waals surface area contributed by atoms with Gasteiger partial charge < -0.3 is 0 Å². The van der Waals surface area contributed by atoms with Gasteiger partial charge >= 0.3 is 0 Å². The highest BCUT2D eigenvalue weighted by molar-refractivity contribution is 7.98. The van der Waals surface area contributed by atoms with Gasteiger partial charge in [-0.15, -0.1) is 5.10 Å². The average molecular weight is 402 g/mol. The predicted molar refractivity (Wildman–Crippen MR) is 107 cm³/mol. The maximum Gasteiger partial charge on any atom is 0.175 e. The van der Waals surface area contributed by atoms with Gasteiger partial charge in [-0.2, -0.15) is 4.09 Å². The van der Waals surface area contributed by atoms with E-state index in [0.29, 0.717) is 5.56 Å². The van der Waals surface area contributed by atoms with Crippen LogP contribution in [0, 0.1) is 0 Å². The molecule has 0 N–H and O–H groups in total. The van der Waals surface area contributed by atoms with E-state index in [1.165, 1.54) is 36.2 Å². The van der Waals surface area contributed by atoms with Gasteiger partial charge in [-0.1, -0.05) is 54.6 Å². The fourth-order valence-corrected chi connectivity index (χ4v) is 4.10. The maximum absolute atomic E-state index is 12.4. The molecular weight excluding hydrogens is 382 g/mol. The Morgan fingerprint density at radius 2 is 1.74 bits per heavy atom. The lowest BCUT2D eigenvalue weighted by Gasteiger charge is -2.06. The molecule has 0 radical (unpaired) electrons. The SMILES string of the molecule is CCc1c(-c2ccccc2)nnn1SCC(=O)c1ccc(S(C)(=O)=O)cc1. The van der Waals surface area contributed by atoms with Gasteiger partial charge in [0.05, 0.1) is 16.3 Å². The molecule has 8 heteroatoms. The van der Waals surface area contributed by atoms with Crippen molar-refractivity contribution in [3.05, 3.63) is 65.9 Å². The summed E-state index contributed by atoms with van der Waals surface area (Å²) in [6, 6.07) is 15.8. The van der Waals surface area contributed by atoms with E-state index in [1.54, 1.807) is 4.09 Å². The minimum atomic E-state index is -3.27. The van der Waals surface area contributed by atoms with Crippen LogP contribution in [-0.4, -0.2) is 40.6 Å². The molecule has 140 valence electrons. The van der Waals surface area contributed by atoms with Crippen molar-refractivity contribution in [2.75, 3.05) is 12.0 Å². The first-order valence-electron chi connectivity index (χ1n) is 8.36. The number of Topliss-reactive ketones (excluding diaryl/α,β-unsaturated/α-hetero) is 1. The lowest BCUT2D eigenvalue weighted by molar-refractivity contribution is 0.102. The molecule has 0 aliphatic carbocycles. The zero-order chi connectivity index (χ0) is 19.4. The van der Waals surface area contributed by atoms with Crippen LogP contribution in [0.4, 0.5) is 0 Å². The highest BCUT2D eigenvalue weighted by Crippen LogP contribution is 2.24. The largest absolute Gasteiger partial charge is 0.293 e. The summed E-state index contributed by atoms with van der Waals surface area (Å²) >= 11 is 1.28. The third kappa shape index (κ3) is 4.45. The predicted octanol–water partition coefficient (Wildman–Crippen LogP) is 3.29. The molecule has 3 aromatic rings. The van der Waals surface area contributed by atoms with Crippen LogP contribution in [0.2, 0.25) is 0 Å². The number of rotatable bonds is 7. The summed E-state index contributed by atoms with van der Waals surface area (Å²) in [7, 11) is -3.27. The zero-order valence-corrected chi connectivity index (χ0v) is 16.6. The smallest absolute Gasteiger partial charge is 0.175 e. The Bertz CT molecular complexity index is 1040. The molecule has 27 heavy (non-hydrogen) atoms. The van der Waals surface area contributed by atoms with Gasteiger partial charge in [0.25, 0.3) is 0 Å². The van der Waals surface area contributed by atoms with Crippen LogP contribution in [0.5, 0.6) is 0 Å². The maximum atomic E-state index is 12.4. The molecule has 0 aliphatic rings. The number of aromatic nitrogens is 3. The zero-order valence-electron chi connectivity index (χ0n) is 15.0. The Kier molecular flexibility index (Phi) is 5.76. The second-order valence-corrected chi connectivity index (χ2v) is 8.88. The fraction of sp³-hybridized carbons (Fsp3) is 0.211. The van der Waals surface area contributed by atoms with Gasteiger partial charge in [-0.3, -0.25) is 4.79 Å². The van der Waals surface area contributed by atoms with Gasteiger partial charge in [0, 0.05) is 17.4 Å². The molecule has 0 fully saturated rings. The van der Waals surface area contributed by atoms with Crippen molar-refractivity contribution >= 4 is 27.6 Å². The van der Waals surface area contributed by atoms with Gasteiger partial charge in [-0.05, 0) is 30.5 Å². The standard InChI is InChI=1S/C19H19N3O3S2/c1-3-17-19(15-7-5-4-6-8-15)20-21-22(17)26-13-18(23)14-9-11-16(12-10-14)27(2,24)25/h4-12H,3,13H2,1-2H3. The molecule has 0 saturated heterocycles. The summed E-state index contributed by atoms with van der Waals surface area (Å²) in [6.45, 7) is 2.02. The van der Waals surface area contributed by atoms with Crippen molar-refractivity contribution in [1.82, 2.24) is 14.4 Å². The Hall–Kier alpha value is -2.45. The van der Waals surface area contributed by atoms with Gasteiger partial charge in [0.1, 0.15) is 5.69 Å². The van der Waals surface area contributed by atoms with E-state index < -0.39 is 9.84 Å². The van der Waals surface area contributed by atoms with Gasteiger partial charge in [0.15, 0.2) is 15.6 Å². The number of hydrogen-bond donors (Lipinski definition) is 0. The highest BCUT2D eigenvalue weighted by atomic mass is 32.2. The van der Waals surface area contributed by atoms with E-state index >= 15 is 0 Å². The second kappa shape index (κ2) is 8.06. The summed E-state index contributed by atoms with van der Waals surface area (Å²) in [5.74, 6) is 0.0851. The normalized spacial score (nSPS) is 11.5. The van der Waals surface area contributed by atoms with Crippen LogP contribution in [0.1, 0.15) is 23.0 Å². The van der Waals surface area contributed by atoms with Crippen LogP contribution in [0.15, 0.2) is 59.5 Å². The molecule has 0 bridgehead atoms. The topological polar surface area (TPSA) is 81.9 Å². The monoisotopic (exact) mass is 401 g/mol. The van der Waals surface area contributed by atoms with E-state index in [9.17, 15) is 13.2 Å². The molecule has 1 aromatic heterocycles. The molecule has 6 nitrogen and oxygen atoms in total. The first-order chi connectivity index (χ1) is 12.9. The second-order valence-electron chi connectivity index (χ2n) is 5.97. The lowest BCUT2D eigenvalue weighted by Crippen LogP contribution is -2.07. The Morgan fingerprint density at radius 3 is 2.33 bits per heavy atom. The van der Waals surface area contributed by atoms with E-state index in [4.69, 9.17) is 0 Å². The molecule has 0 atom stereocenters. The van der Waals surface area contributed by atoms with Crippen LogP contribution in [-0.2, 0) is 16.3 Å². The van der Waals surface area contributed by atoms with E-state index in [-0.39, 0.29) is 16.4 Å². The van der Waals surface area contributed by atoms with E-state index in [1.807, 2.05) is 37.3 Å². The lowest BCUT2D eigenvalue weighted by atomic mass is 10.1. The summed E-state index contributed by atoms with van der Waals surface area (Å²) in [6.07, 6.45) is 1.88.